The molecule has 3 aliphatic rings. The van der Waals surface area contributed by atoms with Crippen LogP contribution in [0.4, 0.5) is 0 Å². The molecule has 0 radical (unpaired) electrons. The zero-order chi connectivity index (χ0) is 30.1. The number of Topliss-reactive ketones (excluding diaryl/α,β-unsaturated/α-hetero) is 1. The van der Waals surface area contributed by atoms with Gasteiger partial charge in [-0.3, -0.25) is 14.5 Å². The van der Waals surface area contributed by atoms with E-state index in [1.54, 1.807) is 34.6 Å². The zero-order valence-electron chi connectivity index (χ0n) is 25.8. The van der Waals surface area contributed by atoms with Gasteiger partial charge in [-0.1, -0.05) is 48.5 Å². The highest BCUT2D eigenvalue weighted by atomic mass is 16.8. The Hall–Kier alpha value is -1.14. The normalized spacial score (nSPS) is 47.4. The average Bonchev–Trinajstić information content (AvgIpc) is 3.71. The van der Waals surface area contributed by atoms with Crippen LogP contribution in [0.5, 0.6) is 0 Å². The van der Waals surface area contributed by atoms with Gasteiger partial charge in [0.05, 0.1) is 29.8 Å². The maximum atomic E-state index is 13.5. The first-order valence-electron chi connectivity index (χ1n) is 15.2. The molecule has 0 bridgehead atoms. The highest BCUT2D eigenvalue weighted by Gasteiger charge is 2.55. The predicted octanol–water partition coefficient (Wildman–Crippen LogP) is 2.50. The third-order valence-corrected chi connectivity index (χ3v) is 9.65. The van der Waals surface area contributed by atoms with Crippen LogP contribution in [0.3, 0.4) is 0 Å². The number of carbonyl (C=O) groups is 2. The van der Waals surface area contributed by atoms with Gasteiger partial charge in [0.25, 0.3) is 0 Å². The number of aliphatic hydroxyl groups excluding tert-OH is 2. The summed E-state index contributed by atoms with van der Waals surface area (Å²) in [5, 5.41) is 33.9. The van der Waals surface area contributed by atoms with Gasteiger partial charge in [0.1, 0.15) is 18.0 Å². The van der Waals surface area contributed by atoms with Crippen molar-refractivity contribution in [1.29, 1.82) is 0 Å². The number of rotatable bonds is 6. The quantitative estimate of drug-likeness (QED) is 0.322. The van der Waals surface area contributed by atoms with Crippen LogP contribution in [0.1, 0.15) is 81.6 Å². The number of nitrogens with zero attached hydrogens (tertiary/aromatic N) is 1. The van der Waals surface area contributed by atoms with E-state index >= 15 is 0 Å². The molecule has 3 aliphatic heterocycles. The van der Waals surface area contributed by atoms with Crippen molar-refractivity contribution in [3.05, 3.63) is 0 Å². The van der Waals surface area contributed by atoms with E-state index in [-0.39, 0.29) is 30.6 Å². The fourth-order valence-electron chi connectivity index (χ4n) is 6.87. The van der Waals surface area contributed by atoms with Crippen LogP contribution in [0.25, 0.3) is 0 Å². The van der Waals surface area contributed by atoms with Crippen molar-refractivity contribution >= 4 is 11.8 Å². The Morgan fingerprint density at radius 2 is 1.60 bits per heavy atom. The molecular formula is C30H53NO9. The van der Waals surface area contributed by atoms with E-state index in [9.17, 15) is 24.9 Å². The minimum atomic E-state index is -1.66. The molecule has 3 heterocycles. The first-order chi connectivity index (χ1) is 18.7. The molecular weight excluding hydrogens is 518 g/mol. The summed E-state index contributed by atoms with van der Waals surface area (Å²) in [7, 11) is 0. The van der Waals surface area contributed by atoms with Crippen molar-refractivity contribution < 1.29 is 43.9 Å². The van der Waals surface area contributed by atoms with Crippen LogP contribution in [0.15, 0.2) is 0 Å². The predicted molar refractivity (Wildman–Crippen MR) is 148 cm³/mol. The Morgan fingerprint density at radius 1 is 0.975 bits per heavy atom. The summed E-state index contributed by atoms with van der Waals surface area (Å²) in [6.07, 6.45) is -3.93. The molecule has 3 rings (SSSR count). The van der Waals surface area contributed by atoms with Gasteiger partial charge in [0.15, 0.2) is 12.6 Å². The van der Waals surface area contributed by atoms with E-state index in [1.165, 1.54) is 6.92 Å². The van der Waals surface area contributed by atoms with Crippen LogP contribution in [0, 0.1) is 29.6 Å². The van der Waals surface area contributed by atoms with Crippen LogP contribution in [0.2, 0.25) is 0 Å². The molecule has 0 aromatic carbocycles. The maximum absolute atomic E-state index is 13.5. The Morgan fingerprint density at radius 3 is 2.17 bits per heavy atom. The Kier molecular flexibility index (Phi) is 11.2. The number of carbonyl (C=O) groups excluding carboxylic acids is 2. The summed E-state index contributed by atoms with van der Waals surface area (Å²) in [5.74, 6) is -4.10. The summed E-state index contributed by atoms with van der Waals surface area (Å²) in [4.78, 5) is 29.1. The fraction of sp³-hybridized carbons (Fsp3) is 0.933. The van der Waals surface area contributed by atoms with Crippen LogP contribution >= 0.6 is 0 Å². The van der Waals surface area contributed by atoms with Gasteiger partial charge in [-0.2, -0.15) is 0 Å². The minimum absolute atomic E-state index is 0.00685. The number of ketones is 1. The molecule has 3 N–H and O–H groups in total. The van der Waals surface area contributed by atoms with Gasteiger partial charge >= 0.3 is 5.97 Å². The number of ether oxygens (including phenoxy) is 4. The van der Waals surface area contributed by atoms with Crippen LogP contribution < -0.4 is 0 Å². The Balaban J connectivity index is 1.93. The minimum Gasteiger partial charge on any atom is -0.462 e. The fourth-order valence-corrected chi connectivity index (χ4v) is 6.87. The molecule has 0 saturated carbocycles. The van der Waals surface area contributed by atoms with E-state index in [0.29, 0.717) is 12.8 Å². The smallest absolute Gasteiger partial charge is 0.311 e. The highest BCUT2D eigenvalue weighted by molar-refractivity contribution is 5.83. The van der Waals surface area contributed by atoms with Gasteiger partial charge in [-0.25, -0.2) is 0 Å². The standard InChI is InChI=1S/C30H53NO9/c1-10-21-16(5)24(33)17(6)23(32)15(4)14-30(9,36)27(34)18(7)25(19(8)28(35)37-21)38-22-13-20(31(11-2)12-3)26-29(39-22)40-26/h15-22,24-27,29,33-34,36H,10-14H2,1-9H3/t15-,16+,17+,18+,19-,20?,21-,22-,24+,25+,26+,27-,29?,30-/m1/s1. The number of fused-ring (bicyclic) bond motifs is 1. The third-order valence-electron chi connectivity index (χ3n) is 9.65. The van der Waals surface area contributed by atoms with E-state index in [0.717, 1.165) is 13.1 Å². The lowest BCUT2D eigenvalue weighted by Crippen LogP contribution is -2.54. The molecule has 0 amide bonds. The molecule has 0 aliphatic carbocycles. The number of esters is 1. The number of hydrogen-bond acceptors (Lipinski definition) is 10. The van der Waals surface area contributed by atoms with Gasteiger partial charge in [-0.05, 0) is 39.8 Å². The highest BCUT2D eigenvalue weighted by Crippen LogP contribution is 2.41. The summed E-state index contributed by atoms with van der Waals surface area (Å²) in [5.41, 5.74) is -1.66. The number of aliphatic hydroxyl groups is 3. The SMILES string of the molecule is CC[C@H]1OC(=O)[C@H](C)[C@@H](O[C@H]2CC(N(CC)CC)[C@@H]3OC3O2)[C@H](C)[C@@H](O)[C@](C)(O)C[C@@H](C)C(=O)[C@H](C)[C@@H](O)[C@H]1C. The topological polar surface area (TPSA) is 138 Å². The van der Waals surface area contributed by atoms with Gasteiger partial charge in [0.2, 0.25) is 0 Å². The number of cyclic esters (lactones) is 1. The molecule has 10 nitrogen and oxygen atoms in total. The first-order valence-corrected chi connectivity index (χ1v) is 15.2. The molecule has 3 saturated heterocycles. The molecule has 0 aromatic rings. The summed E-state index contributed by atoms with van der Waals surface area (Å²) >= 11 is 0. The Bertz CT molecular complexity index is 864. The van der Waals surface area contributed by atoms with Gasteiger partial charge in [-0.15, -0.1) is 0 Å². The van der Waals surface area contributed by atoms with E-state index in [1.807, 2.05) is 6.92 Å². The van der Waals surface area contributed by atoms with Crippen molar-refractivity contribution in [2.45, 2.75) is 136 Å². The lowest BCUT2D eigenvalue weighted by atomic mass is 9.75. The van der Waals surface area contributed by atoms with Crippen molar-refractivity contribution in [2.24, 2.45) is 29.6 Å². The number of hydrogen-bond donors (Lipinski definition) is 3. The van der Waals surface area contributed by atoms with Gasteiger partial charge < -0.3 is 34.3 Å². The molecule has 10 heteroatoms. The second-order valence-corrected chi connectivity index (χ2v) is 12.6. The first kappa shape index (κ1) is 33.4. The summed E-state index contributed by atoms with van der Waals surface area (Å²) in [6.45, 7) is 17.8. The second-order valence-electron chi connectivity index (χ2n) is 12.6. The molecule has 14 atom stereocenters. The average molecular weight is 572 g/mol. The van der Waals surface area contributed by atoms with E-state index < -0.39 is 71.9 Å². The number of likely N-dealkylation sites (N-methyl/N-ethyl adjacent to an activating group) is 1. The van der Waals surface area contributed by atoms with Crippen molar-refractivity contribution in [1.82, 2.24) is 4.90 Å². The van der Waals surface area contributed by atoms with Gasteiger partial charge in [0, 0.05) is 36.1 Å². The summed E-state index contributed by atoms with van der Waals surface area (Å²) in [6, 6.07) is 0.100. The molecule has 0 aromatic heterocycles. The second kappa shape index (κ2) is 13.4. The molecule has 3 fully saturated rings. The monoisotopic (exact) mass is 571 g/mol. The zero-order valence-corrected chi connectivity index (χ0v) is 25.8. The van der Waals surface area contributed by atoms with Crippen molar-refractivity contribution in [2.75, 3.05) is 13.1 Å². The third kappa shape index (κ3) is 7.07. The Labute approximate surface area is 239 Å². The molecule has 40 heavy (non-hydrogen) atoms. The number of epoxide rings is 1. The maximum Gasteiger partial charge on any atom is 0.311 e. The summed E-state index contributed by atoms with van der Waals surface area (Å²) < 4.78 is 24.2. The van der Waals surface area contributed by atoms with Crippen molar-refractivity contribution in [3.63, 3.8) is 0 Å². The molecule has 232 valence electrons. The molecule has 2 unspecified atom stereocenters. The van der Waals surface area contributed by atoms with E-state index in [2.05, 4.69) is 18.7 Å². The lowest BCUT2D eigenvalue weighted by molar-refractivity contribution is -0.240. The largest absolute Gasteiger partial charge is 0.462 e. The van der Waals surface area contributed by atoms with E-state index in [4.69, 9.17) is 18.9 Å². The lowest BCUT2D eigenvalue weighted by Gasteiger charge is -2.42. The van der Waals surface area contributed by atoms with Crippen LogP contribution in [-0.2, 0) is 28.5 Å². The van der Waals surface area contributed by atoms with Crippen molar-refractivity contribution in [3.8, 4) is 0 Å². The molecule has 0 spiro atoms. The van der Waals surface area contributed by atoms with Crippen LogP contribution in [-0.4, -0.2) is 99.8 Å².